The fourth-order valence-corrected chi connectivity index (χ4v) is 2.29. The van der Waals surface area contributed by atoms with Crippen LogP contribution in [0.3, 0.4) is 0 Å². The van der Waals surface area contributed by atoms with Crippen LogP contribution >= 0.6 is 11.6 Å². The molecule has 0 atom stereocenters. The quantitative estimate of drug-likeness (QED) is 0.809. The Morgan fingerprint density at radius 3 is 2.57 bits per heavy atom. The van der Waals surface area contributed by atoms with Crippen LogP contribution in [-0.4, -0.2) is 15.5 Å². The first kappa shape index (κ1) is 11.5. The van der Waals surface area contributed by atoms with Gasteiger partial charge in [-0.2, -0.15) is 0 Å². The van der Waals surface area contributed by atoms with Crippen LogP contribution in [0.4, 0.5) is 0 Å². The van der Waals surface area contributed by atoms with Crippen LogP contribution < -0.4 is 10.5 Å². The minimum Gasteiger partial charge on any atom is -0.326 e. The zero-order valence-corrected chi connectivity index (χ0v) is 9.19. The van der Waals surface area contributed by atoms with Gasteiger partial charge in [-0.1, -0.05) is 17.7 Å². The van der Waals surface area contributed by atoms with E-state index in [1.165, 1.54) is 13.1 Å². The van der Waals surface area contributed by atoms with Crippen molar-refractivity contribution in [3.63, 3.8) is 0 Å². The highest BCUT2D eigenvalue weighted by Crippen LogP contribution is 2.21. The molecule has 14 heavy (non-hydrogen) atoms. The molecule has 1 aromatic carbocycles. The van der Waals surface area contributed by atoms with Gasteiger partial charge in [0.1, 0.15) is 4.90 Å². The predicted molar refractivity (Wildman–Crippen MR) is 55.6 cm³/mol. The van der Waals surface area contributed by atoms with E-state index in [2.05, 4.69) is 4.72 Å². The molecule has 0 aliphatic heterocycles. The third-order valence-electron chi connectivity index (χ3n) is 1.79. The maximum absolute atomic E-state index is 11.4. The molecule has 0 saturated carbocycles. The van der Waals surface area contributed by atoms with Crippen molar-refractivity contribution < 1.29 is 8.42 Å². The average molecular weight is 235 g/mol. The lowest BCUT2D eigenvalue weighted by atomic mass is 10.2. The van der Waals surface area contributed by atoms with Gasteiger partial charge in [0.05, 0.1) is 5.02 Å². The Bertz CT molecular complexity index is 431. The molecule has 78 valence electrons. The summed E-state index contributed by atoms with van der Waals surface area (Å²) in [6.07, 6.45) is 0. The lowest BCUT2D eigenvalue weighted by molar-refractivity contribution is 0.588. The van der Waals surface area contributed by atoms with Crippen LogP contribution in [0, 0.1) is 0 Å². The zero-order valence-electron chi connectivity index (χ0n) is 7.62. The van der Waals surface area contributed by atoms with Crippen LogP contribution in [0.1, 0.15) is 5.56 Å². The van der Waals surface area contributed by atoms with Crippen molar-refractivity contribution in [3.05, 3.63) is 28.8 Å². The van der Waals surface area contributed by atoms with Crippen molar-refractivity contribution in [1.29, 1.82) is 0 Å². The van der Waals surface area contributed by atoms with Crippen molar-refractivity contribution >= 4 is 21.6 Å². The van der Waals surface area contributed by atoms with E-state index >= 15 is 0 Å². The molecule has 0 aliphatic carbocycles. The van der Waals surface area contributed by atoms with Crippen molar-refractivity contribution in [1.82, 2.24) is 4.72 Å². The van der Waals surface area contributed by atoms with E-state index < -0.39 is 10.0 Å². The Morgan fingerprint density at radius 2 is 2.14 bits per heavy atom. The second-order valence-electron chi connectivity index (χ2n) is 2.68. The third-order valence-corrected chi connectivity index (χ3v) is 3.69. The predicted octanol–water partition coefficient (Wildman–Crippen LogP) is 0.707. The SMILES string of the molecule is CNS(=O)(=O)c1ccc(CN)cc1Cl. The molecular formula is C8H11ClN2O2S. The summed E-state index contributed by atoms with van der Waals surface area (Å²) in [5.74, 6) is 0. The normalized spacial score (nSPS) is 11.6. The van der Waals surface area contributed by atoms with E-state index in [1.54, 1.807) is 12.1 Å². The molecule has 0 fully saturated rings. The number of hydrogen-bond acceptors (Lipinski definition) is 3. The molecule has 0 aliphatic rings. The fourth-order valence-electron chi connectivity index (χ4n) is 0.999. The van der Waals surface area contributed by atoms with Crippen LogP contribution in [0.5, 0.6) is 0 Å². The molecule has 6 heteroatoms. The third kappa shape index (κ3) is 2.24. The van der Waals surface area contributed by atoms with Crippen molar-refractivity contribution in [2.75, 3.05) is 7.05 Å². The number of nitrogens with one attached hydrogen (secondary N) is 1. The summed E-state index contributed by atoms with van der Waals surface area (Å²) in [5, 5.41) is 0.183. The van der Waals surface area contributed by atoms with Crippen molar-refractivity contribution in [2.24, 2.45) is 5.73 Å². The molecule has 0 spiro atoms. The molecule has 0 aromatic heterocycles. The van der Waals surface area contributed by atoms with Crippen LogP contribution in [0.25, 0.3) is 0 Å². The van der Waals surface area contributed by atoms with Gasteiger partial charge in [-0.05, 0) is 24.7 Å². The highest BCUT2D eigenvalue weighted by Gasteiger charge is 2.15. The van der Waals surface area contributed by atoms with E-state index in [-0.39, 0.29) is 9.92 Å². The van der Waals surface area contributed by atoms with E-state index in [4.69, 9.17) is 17.3 Å². The number of benzene rings is 1. The summed E-state index contributed by atoms with van der Waals surface area (Å²) in [5.41, 5.74) is 6.18. The Kier molecular flexibility index (Phi) is 3.49. The Balaban J connectivity index is 3.26. The monoisotopic (exact) mass is 234 g/mol. The maximum Gasteiger partial charge on any atom is 0.241 e. The maximum atomic E-state index is 11.4. The van der Waals surface area contributed by atoms with Crippen LogP contribution in [0.2, 0.25) is 5.02 Å². The van der Waals surface area contributed by atoms with Crippen molar-refractivity contribution in [2.45, 2.75) is 11.4 Å². The lowest BCUT2D eigenvalue weighted by Crippen LogP contribution is -2.19. The second kappa shape index (κ2) is 4.27. The van der Waals surface area contributed by atoms with Gasteiger partial charge in [-0.3, -0.25) is 0 Å². The van der Waals surface area contributed by atoms with E-state index in [1.807, 2.05) is 0 Å². The first-order valence-electron chi connectivity index (χ1n) is 3.93. The summed E-state index contributed by atoms with van der Waals surface area (Å²) in [6.45, 7) is 0.333. The molecule has 0 unspecified atom stereocenters. The fraction of sp³-hybridized carbons (Fsp3) is 0.250. The summed E-state index contributed by atoms with van der Waals surface area (Å²) >= 11 is 5.80. The van der Waals surface area contributed by atoms with Crippen LogP contribution in [0.15, 0.2) is 23.1 Å². The van der Waals surface area contributed by atoms with E-state index in [0.717, 1.165) is 5.56 Å². The van der Waals surface area contributed by atoms with Gasteiger partial charge in [0, 0.05) is 6.54 Å². The zero-order chi connectivity index (χ0) is 10.8. The molecular weight excluding hydrogens is 224 g/mol. The highest BCUT2D eigenvalue weighted by atomic mass is 35.5. The van der Waals surface area contributed by atoms with E-state index in [9.17, 15) is 8.42 Å². The van der Waals surface area contributed by atoms with Gasteiger partial charge in [0.15, 0.2) is 0 Å². The molecule has 1 rings (SSSR count). The molecule has 3 N–H and O–H groups in total. The number of rotatable bonds is 3. The largest absolute Gasteiger partial charge is 0.326 e. The lowest BCUT2D eigenvalue weighted by Gasteiger charge is -2.05. The Hall–Kier alpha value is -0.620. The van der Waals surface area contributed by atoms with E-state index in [0.29, 0.717) is 6.54 Å². The van der Waals surface area contributed by atoms with Crippen molar-refractivity contribution in [3.8, 4) is 0 Å². The molecule has 0 bridgehead atoms. The summed E-state index contributed by atoms with van der Waals surface area (Å²) in [4.78, 5) is 0.0684. The smallest absolute Gasteiger partial charge is 0.241 e. The minimum absolute atomic E-state index is 0.0684. The number of halogens is 1. The number of sulfonamides is 1. The van der Waals surface area contributed by atoms with Gasteiger partial charge in [-0.25, -0.2) is 13.1 Å². The number of nitrogens with two attached hydrogens (primary N) is 1. The van der Waals surface area contributed by atoms with Gasteiger partial charge in [0.25, 0.3) is 0 Å². The first-order valence-corrected chi connectivity index (χ1v) is 5.79. The standard InChI is InChI=1S/C8H11ClN2O2S/c1-11-14(12,13)8-3-2-6(5-10)4-7(8)9/h2-4,11H,5,10H2,1H3. The summed E-state index contributed by atoms with van der Waals surface area (Å²) < 4.78 is 25.0. The van der Waals surface area contributed by atoms with Gasteiger partial charge in [-0.15, -0.1) is 0 Å². The molecule has 1 aromatic rings. The second-order valence-corrected chi connectivity index (χ2v) is 4.94. The molecule has 0 heterocycles. The molecule has 0 saturated heterocycles. The molecule has 4 nitrogen and oxygen atoms in total. The Labute approximate surface area is 88.1 Å². The highest BCUT2D eigenvalue weighted by molar-refractivity contribution is 7.89. The van der Waals surface area contributed by atoms with Gasteiger partial charge in [0.2, 0.25) is 10.0 Å². The topological polar surface area (TPSA) is 72.2 Å². The molecule has 0 amide bonds. The van der Waals surface area contributed by atoms with Crippen LogP contribution in [-0.2, 0) is 16.6 Å². The molecule has 0 radical (unpaired) electrons. The minimum atomic E-state index is -3.48. The summed E-state index contributed by atoms with van der Waals surface area (Å²) in [6, 6.07) is 4.62. The Morgan fingerprint density at radius 1 is 1.50 bits per heavy atom. The average Bonchev–Trinajstić information content (AvgIpc) is 2.17. The van der Waals surface area contributed by atoms with Gasteiger partial charge >= 0.3 is 0 Å². The first-order chi connectivity index (χ1) is 6.51. The van der Waals surface area contributed by atoms with Gasteiger partial charge < -0.3 is 5.73 Å². The number of hydrogen-bond donors (Lipinski definition) is 2. The summed E-state index contributed by atoms with van der Waals surface area (Å²) in [7, 11) is -2.14.